The smallest absolute Gasteiger partial charge is 0.330 e. The van der Waals surface area contributed by atoms with Crippen molar-refractivity contribution in [2.45, 2.75) is 36.8 Å². The van der Waals surface area contributed by atoms with E-state index < -0.39 is 41.6 Å². The fraction of sp³-hybridized carbons (Fsp3) is 0.220. The Hall–Kier alpha value is -5.24. The number of methoxy groups -OCH3 is 2. The van der Waals surface area contributed by atoms with Crippen molar-refractivity contribution in [2.24, 2.45) is 5.92 Å². The minimum absolute atomic E-state index is 0.145. The van der Waals surface area contributed by atoms with Crippen LogP contribution in [0.3, 0.4) is 0 Å². The lowest BCUT2D eigenvalue weighted by molar-refractivity contribution is -0.165. The van der Waals surface area contributed by atoms with Gasteiger partial charge in [0.05, 0.1) is 26.7 Å². The second-order valence-corrected chi connectivity index (χ2v) is 11.9. The summed E-state index contributed by atoms with van der Waals surface area (Å²) >= 11 is 0. The summed E-state index contributed by atoms with van der Waals surface area (Å²) in [6, 6.07) is 45.7. The molecule has 1 aliphatic rings. The molecule has 48 heavy (non-hydrogen) atoms. The average Bonchev–Trinajstić information content (AvgIpc) is 3.58. The summed E-state index contributed by atoms with van der Waals surface area (Å²) in [4.78, 5) is 28.3. The molecule has 0 spiro atoms. The van der Waals surface area contributed by atoms with Gasteiger partial charge in [-0.15, -0.1) is 0 Å². The number of esters is 2. The predicted molar refractivity (Wildman–Crippen MR) is 183 cm³/mol. The lowest BCUT2D eigenvalue weighted by Gasteiger charge is -2.30. The summed E-state index contributed by atoms with van der Waals surface area (Å²) in [5.41, 5.74) is 2.94. The van der Waals surface area contributed by atoms with Crippen molar-refractivity contribution in [2.75, 3.05) is 14.2 Å². The van der Waals surface area contributed by atoms with Crippen LogP contribution in [0.5, 0.6) is 5.75 Å². The van der Waals surface area contributed by atoms with Gasteiger partial charge in [-0.25, -0.2) is 4.79 Å². The van der Waals surface area contributed by atoms with Crippen molar-refractivity contribution in [3.05, 3.63) is 173 Å². The number of hydrogen-bond donors (Lipinski definition) is 1. The van der Waals surface area contributed by atoms with Gasteiger partial charge in [-0.2, -0.15) is 0 Å². The third kappa shape index (κ3) is 7.03. The molecule has 0 amide bonds. The van der Waals surface area contributed by atoms with E-state index in [9.17, 15) is 9.59 Å². The average molecular weight is 642 g/mol. The van der Waals surface area contributed by atoms with Crippen molar-refractivity contribution in [3.8, 4) is 5.75 Å². The Bertz CT molecular complexity index is 1770. The van der Waals surface area contributed by atoms with Crippen molar-refractivity contribution in [1.82, 2.24) is 5.32 Å². The highest BCUT2D eigenvalue weighted by Crippen LogP contribution is 2.46. The Balaban J connectivity index is 1.38. The van der Waals surface area contributed by atoms with E-state index in [1.807, 2.05) is 146 Å². The first-order valence-electron chi connectivity index (χ1n) is 16.0. The van der Waals surface area contributed by atoms with Gasteiger partial charge in [0, 0.05) is 6.04 Å². The SMILES string of the molecule is COC(=O)[C@]1(c2ccccc2)C[C@H](C(=O)O[C@H](c2ccccc2)[C@@H](OCc2ccc(OC)cc2)c2ccccc2)[C@H](c2ccccc2)N1. The fourth-order valence-corrected chi connectivity index (χ4v) is 6.50. The topological polar surface area (TPSA) is 83.1 Å². The third-order valence-electron chi connectivity index (χ3n) is 8.96. The maximum atomic E-state index is 14.6. The van der Waals surface area contributed by atoms with Crippen molar-refractivity contribution >= 4 is 11.9 Å². The normalized spacial score (nSPS) is 20.0. The van der Waals surface area contributed by atoms with E-state index in [4.69, 9.17) is 18.9 Å². The molecular weight excluding hydrogens is 602 g/mol. The van der Waals surface area contributed by atoms with E-state index in [2.05, 4.69) is 5.32 Å². The lowest BCUT2D eigenvalue weighted by Crippen LogP contribution is -2.46. The van der Waals surface area contributed by atoms with Crippen LogP contribution in [0.15, 0.2) is 146 Å². The predicted octanol–water partition coefficient (Wildman–Crippen LogP) is 7.66. The van der Waals surface area contributed by atoms with Gasteiger partial charge in [-0.05, 0) is 46.4 Å². The second-order valence-electron chi connectivity index (χ2n) is 11.9. The third-order valence-corrected chi connectivity index (χ3v) is 8.96. The minimum Gasteiger partial charge on any atom is -0.497 e. The first kappa shape index (κ1) is 32.7. The molecule has 244 valence electrons. The second kappa shape index (κ2) is 15.1. The lowest BCUT2D eigenvalue weighted by atomic mass is 9.84. The molecule has 1 fully saturated rings. The van der Waals surface area contributed by atoms with Gasteiger partial charge in [0.25, 0.3) is 0 Å². The van der Waals surface area contributed by atoms with Gasteiger partial charge in [0.2, 0.25) is 0 Å². The zero-order valence-corrected chi connectivity index (χ0v) is 27.0. The molecule has 0 saturated carbocycles. The van der Waals surface area contributed by atoms with Crippen LogP contribution in [0.25, 0.3) is 0 Å². The molecule has 7 nitrogen and oxygen atoms in total. The summed E-state index contributed by atoms with van der Waals surface area (Å²) in [6.07, 6.45) is -1.28. The first-order chi connectivity index (χ1) is 23.5. The van der Waals surface area contributed by atoms with Crippen LogP contribution in [0.2, 0.25) is 0 Å². The molecule has 1 saturated heterocycles. The maximum Gasteiger partial charge on any atom is 0.330 e. The van der Waals surface area contributed by atoms with E-state index in [-0.39, 0.29) is 13.0 Å². The zero-order chi connectivity index (χ0) is 33.3. The van der Waals surface area contributed by atoms with Gasteiger partial charge in [-0.3, -0.25) is 10.1 Å². The molecule has 0 radical (unpaired) electrons. The van der Waals surface area contributed by atoms with Gasteiger partial charge in [-0.1, -0.05) is 133 Å². The number of rotatable bonds is 12. The molecule has 0 bridgehead atoms. The number of carbonyl (C=O) groups is 2. The summed E-state index contributed by atoms with van der Waals surface area (Å²) in [7, 11) is 3.00. The van der Waals surface area contributed by atoms with E-state index >= 15 is 0 Å². The van der Waals surface area contributed by atoms with Gasteiger partial charge < -0.3 is 18.9 Å². The highest BCUT2D eigenvalue weighted by Gasteiger charge is 2.55. The van der Waals surface area contributed by atoms with E-state index in [0.717, 1.165) is 33.6 Å². The number of benzene rings is 5. The molecule has 6 rings (SSSR count). The van der Waals surface area contributed by atoms with Crippen LogP contribution in [0, 0.1) is 5.92 Å². The van der Waals surface area contributed by atoms with Gasteiger partial charge in [0.1, 0.15) is 17.4 Å². The number of nitrogens with one attached hydrogen (secondary N) is 1. The van der Waals surface area contributed by atoms with Gasteiger partial charge >= 0.3 is 11.9 Å². The van der Waals surface area contributed by atoms with Crippen LogP contribution in [0.1, 0.15) is 52.5 Å². The molecule has 0 aromatic heterocycles. The van der Waals surface area contributed by atoms with Gasteiger partial charge in [0.15, 0.2) is 6.10 Å². The summed E-state index contributed by atoms with van der Waals surface area (Å²) < 4.78 is 23.9. The molecule has 5 aromatic rings. The quantitative estimate of drug-likeness (QED) is 0.140. The maximum absolute atomic E-state index is 14.6. The van der Waals surface area contributed by atoms with Crippen LogP contribution in [-0.2, 0) is 35.9 Å². The Morgan fingerprint density at radius 2 is 1.25 bits per heavy atom. The van der Waals surface area contributed by atoms with Crippen LogP contribution in [0.4, 0.5) is 0 Å². The number of ether oxygens (including phenoxy) is 4. The molecule has 1 aliphatic heterocycles. The zero-order valence-electron chi connectivity index (χ0n) is 27.0. The van der Waals surface area contributed by atoms with Crippen LogP contribution >= 0.6 is 0 Å². The molecule has 0 unspecified atom stereocenters. The fourth-order valence-electron chi connectivity index (χ4n) is 6.50. The van der Waals surface area contributed by atoms with Crippen LogP contribution in [-0.4, -0.2) is 26.2 Å². The summed E-state index contributed by atoms with van der Waals surface area (Å²) in [5, 5.41) is 3.53. The number of hydrogen-bond acceptors (Lipinski definition) is 7. The Morgan fingerprint density at radius 1 is 0.708 bits per heavy atom. The summed E-state index contributed by atoms with van der Waals surface area (Å²) in [5.74, 6) is -0.877. The molecule has 5 aromatic carbocycles. The minimum atomic E-state index is -1.26. The molecule has 1 heterocycles. The highest BCUT2D eigenvalue weighted by atomic mass is 16.6. The Kier molecular flexibility index (Phi) is 10.3. The molecule has 0 aliphatic carbocycles. The van der Waals surface area contributed by atoms with Crippen molar-refractivity contribution < 1.29 is 28.5 Å². The highest BCUT2D eigenvalue weighted by molar-refractivity contribution is 5.86. The Morgan fingerprint density at radius 3 is 1.81 bits per heavy atom. The molecule has 1 N–H and O–H groups in total. The largest absolute Gasteiger partial charge is 0.497 e. The van der Waals surface area contributed by atoms with E-state index in [1.54, 1.807) is 7.11 Å². The molecule has 7 heteroatoms. The van der Waals surface area contributed by atoms with Crippen molar-refractivity contribution in [1.29, 1.82) is 0 Å². The molecule has 5 atom stereocenters. The van der Waals surface area contributed by atoms with Crippen LogP contribution < -0.4 is 10.1 Å². The molecular formula is C41H39NO6. The Labute approximate surface area is 281 Å². The monoisotopic (exact) mass is 641 g/mol. The number of carbonyl (C=O) groups excluding carboxylic acids is 2. The summed E-state index contributed by atoms with van der Waals surface area (Å²) in [6.45, 7) is 0.279. The van der Waals surface area contributed by atoms with Crippen molar-refractivity contribution in [3.63, 3.8) is 0 Å². The standard InChI is InChI=1S/C41H39NO6/c1-45-34-25-23-29(24-26-34)28-47-37(31-17-9-4-10-18-31)38(32-19-11-5-12-20-32)48-39(43)35-27-41(40(44)46-2,33-21-13-6-14-22-33)42-36(35)30-15-7-3-8-16-30/h3-26,35-38,42H,27-28H2,1-2H3/t35-,36-,37-,38+,41+/m0/s1. The first-order valence-corrected chi connectivity index (χ1v) is 16.0. The van der Waals surface area contributed by atoms with E-state index in [1.165, 1.54) is 7.11 Å². The van der Waals surface area contributed by atoms with E-state index in [0.29, 0.717) is 0 Å².